The summed E-state index contributed by atoms with van der Waals surface area (Å²) in [6.07, 6.45) is 3.87. The van der Waals surface area contributed by atoms with Crippen LogP contribution < -0.4 is 5.32 Å². The van der Waals surface area contributed by atoms with Gasteiger partial charge in [-0.05, 0) is 30.7 Å². The van der Waals surface area contributed by atoms with Crippen molar-refractivity contribution in [2.24, 2.45) is 0 Å². The number of hydrogen-bond donors (Lipinski definition) is 1. The summed E-state index contributed by atoms with van der Waals surface area (Å²) in [5, 5.41) is 4.16. The van der Waals surface area contributed by atoms with E-state index in [0.29, 0.717) is 0 Å². The maximum absolute atomic E-state index is 12.1. The first-order chi connectivity index (χ1) is 8.84. The molecule has 92 valence electrons. The Hall–Kier alpha value is -1.55. The molecule has 18 heavy (non-hydrogen) atoms. The summed E-state index contributed by atoms with van der Waals surface area (Å²) >= 11 is 1.74. The van der Waals surface area contributed by atoms with Gasteiger partial charge in [-0.1, -0.05) is 18.2 Å². The summed E-state index contributed by atoms with van der Waals surface area (Å²) in [6, 6.07) is 9.76. The Bertz CT molecular complexity index is 574. The normalized spacial score (nSPS) is 19.0. The number of thioether (sulfide) groups is 1. The van der Waals surface area contributed by atoms with Gasteiger partial charge >= 0.3 is 0 Å². The predicted molar refractivity (Wildman–Crippen MR) is 75.9 cm³/mol. The van der Waals surface area contributed by atoms with Crippen molar-refractivity contribution in [2.75, 3.05) is 11.1 Å². The van der Waals surface area contributed by atoms with E-state index in [1.165, 1.54) is 0 Å². The van der Waals surface area contributed by atoms with Gasteiger partial charge in [0.2, 0.25) is 5.91 Å². The molecule has 3 rings (SSSR count). The summed E-state index contributed by atoms with van der Waals surface area (Å²) < 4.78 is 0. The highest BCUT2D eigenvalue weighted by Gasteiger charge is 2.23. The molecular weight excluding hydrogens is 244 g/mol. The first-order valence-corrected chi connectivity index (χ1v) is 7.16. The fourth-order valence-corrected chi connectivity index (χ4v) is 3.36. The predicted octanol–water partition coefficient (Wildman–Crippen LogP) is 3.07. The minimum Gasteiger partial charge on any atom is -0.323 e. The Labute approximate surface area is 110 Å². The molecule has 0 aliphatic carbocycles. The average molecular weight is 258 g/mol. The number of amides is 1. The lowest BCUT2D eigenvalue weighted by molar-refractivity contribution is -0.115. The molecule has 1 unspecified atom stereocenters. The highest BCUT2D eigenvalue weighted by molar-refractivity contribution is 8.00. The SMILES string of the molecule is O=C(Nc1cccc2cccnc12)C1CCCS1. The van der Waals surface area contributed by atoms with E-state index in [1.54, 1.807) is 18.0 Å². The summed E-state index contributed by atoms with van der Waals surface area (Å²) in [4.78, 5) is 16.4. The van der Waals surface area contributed by atoms with Gasteiger partial charge in [0, 0.05) is 11.6 Å². The van der Waals surface area contributed by atoms with Crippen molar-refractivity contribution in [3.63, 3.8) is 0 Å². The third kappa shape index (κ3) is 2.20. The van der Waals surface area contributed by atoms with Gasteiger partial charge in [-0.2, -0.15) is 0 Å². The molecule has 1 atom stereocenters. The second-order valence-electron chi connectivity index (χ2n) is 4.37. The van der Waals surface area contributed by atoms with Crippen molar-refractivity contribution in [1.29, 1.82) is 0 Å². The number of pyridine rings is 1. The maximum atomic E-state index is 12.1. The van der Waals surface area contributed by atoms with Crippen molar-refractivity contribution in [2.45, 2.75) is 18.1 Å². The summed E-state index contributed by atoms with van der Waals surface area (Å²) in [6.45, 7) is 0. The molecule has 1 aromatic carbocycles. The van der Waals surface area contributed by atoms with Crippen LogP contribution in [0, 0.1) is 0 Å². The highest BCUT2D eigenvalue weighted by Crippen LogP contribution is 2.28. The Morgan fingerprint density at radius 1 is 1.33 bits per heavy atom. The van der Waals surface area contributed by atoms with Gasteiger partial charge in [-0.3, -0.25) is 9.78 Å². The molecule has 3 nitrogen and oxygen atoms in total. The van der Waals surface area contributed by atoms with E-state index in [-0.39, 0.29) is 11.2 Å². The molecule has 1 aromatic heterocycles. The average Bonchev–Trinajstić information content (AvgIpc) is 2.93. The smallest absolute Gasteiger partial charge is 0.237 e. The lowest BCUT2D eigenvalue weighted by Crippen LogP contribution is -2.23. The van der Waals surface area contributed by atoms with Crippen molar-refractivity contribution < 1.29 is 4.79 Å². The molecule has 0 radical (unpaired) electrons. The van der Waals surface area contributed by atoms with Crippen molar-refractivity contribution in [3.8, 4) is 0 Å². The minimum atomic E-state index is 0.101. The van der Waals surface area contributed by atoms with Gasteiger partial charge in [0.15, 0.2) is 0 Å². The van der Waals surface area contributed by atoms with Crippen LogP contribution in [0.1, 0.15) is 12.8 Å². The van der Waals surface area contributed by atoms with Gasteiger partial charge in [0.25, 0.3) is 0 Å². The molecule has 0 saturated carbocycles. The van der Waals surface area contributed by atoms with Crippen LogP contribution in [0.15, 0.2) is 36.5 Å². The molecule has 1 N–H and O–H groups in total. The summed E-state index contributed by atoms with van der Waals surface area (Å²) in [7, 11) is 0. The Balaban J connectivity index is 1.88. The monoisotopic (exact) mass is 258 g/mol. The highest BCUT2D eigenvalue weighted by atomic mass is 32.2. The zero-order valence-corrected chi connectivity index (χ0v) is 10.7. The van der Waals surface area contributed by atoms with E-state index in [1.807, 2.05) is 30.3 Å². The lowest BCUT2D eigenvalue weighted by atomic mass is 10.2. The zero-order valence-electron chi connectivity index (χ0n) is 9.93. The van der Waals surface area contributed by atoms with Crippen LogP contribution >= 0.6 is 11.8 Å². The number of para-hydroxylation sites is 1. The molecule has 1 saturated heterocycles. The number of carbonyl (C=O) groups excluding carboxylic acids is 1. The van der Waals surface area contributed by atoms with E-state index < -0.39 is 0 Å². The maximum Gasteiger partial charge on any atom is 0.237 e. The van der Waals surface area contributed by atoms with Gasteiger partial charge in [-0.15, -0.1) is 11.8 Å². The van der Waals surface area contributed by atoms with Crippen LogP contribution in [0.3, 0.4) is 0 Å². The Kier molecular flexibility index (Phi) is 3.19. The molecular formula is C14H14N2OS. The van der Waals surface area contributed by atoms with E-state index in [4.69, 9.17) is 0 Å². The van der Waals surface area contributed by atoms with Crippen molar-refractivity contribution in [3.05, 3.63) is 36.5 Å². The summed E-state index contributed by atoms with van der Waals surface area (Å²) in [5.74, 6) is 1.20. The standard InChI is InChI=1S/C14H14N2OS/c17-14(12-7-3-9-18-12)16-11-6-1-4-10-5-2-8-15-13(10)11/h1-2,4-6,8,12H,3,7,9H2,(H,16,17). The van der Waals surface area contributed by atoms with Crippen LogP contribution in [-0.4, -0.2) is 21.9 Å². The fourth-order valence-electron chi connectivity index (χ4n) is 2.20. The molecule has 0 bridgehead atoms. The van der Waals surface area contributed by atoms with Crippen LogP contribution in [0.4, 0.5) is 5.69 Å². The molecule has 1 fully saturated rings. The number of fused-ring (bicyclic) bond motifs is 1. The molecule has 2 heterocycles. The molecule has 1 amide bonds. The zero-order chi connectivity index (χ0) is 12.4. The van der Waals surface area contributed by atoms with E-state index in [9.17, 15) is 4.79 Å². The van der Waals surface area contributed by atoms with Gasteiger partial charge in [0.1, 0.15) is 0 Å². The van der Waals surface area contributed by atoms with Gasteiger partial charge in [0.05, 0.1) is 16.5 Å². The quantitative estimate of drug-likeness (QED) is 0.900. The molecule has 4 heteroatoms. The number of aromatic nitrogens is 1. The number of nitrogens with one attached hydrogen (secondary N) is 1. The molecule has 1 aliphatic rings. The largest absolute Gasteiger partial charge is 0.323 e. The third-order valence-corrected chi connectivity index (χ3v) is 4.49. The van der Waals surface area contributed by atoms with Crippen molar-refractivity contribution in [1.82, 2.24) is 4.98 Å². The Morgan fingerprint density at radius 3 is 3.06 bits per heavy atom. The molecule has 1 aliphatic heterocycles. The topological polar surface area (TPSA) is 42.0 Å². The molecule has 2 aromatic rings. The number of benzene rings is 1. The second kappa shape index (κ2) is 4.98. The number of anilines is 1. The van der Waals surface area contributed by atoms with E-state index in [0.717, 1.165) is 35.2 Å². The Morgan fingerprint density at radius 2 is 2.22 bits per heavy atom. The number of carbonyl (C=O) groups is 1. The number of rotatable bonds is 2. The van der Waals surface area contributed by atoms with Gasteiger partial charge < -0.3 is 5.32 Å². The first kappa shape index (κ1) is 11.5. The third-order valence-electron chi connectivity index (χ3n) is 3.11. The van der Waals surface area contributed by atoms with Crippen LogP contribution in [0.2, 0.25) is 0 Å². The lowest BCUT2D eigenvalue weighted by Gasteiger charge is -2.11. The fraction of sp³-hybridized carbons (Fsp3) is 0.286. The number of nitrogens with zero attached hydrogens (tertiary/aromatic N) is 1. The molecule has 0 spiro atoms. The van der Waals surface area contributed by atoms with E-state index >= 15 is 0 Å². The number of hydrogen-bond acceptors (Lipinski definition) is 3. The van der Waals surface area contributed by atoms with Crippen LogP contribution in [0.25, 0.3) is 10.9 Å². The van der Waals surface area contributed by atoms with Gasteiger partial charge in [-0.25, -0.2) is 0 Å². The second-order valence-corrected chi connectivity index (χ2v) is 5.68. The van der Waals surface area contributed by atoms with Crippen molar-refractivity contribution >= 4 is 34.3 Å². The van der Waals surface area contributed by atoms with E-state index in [2.05, 4.69) is 10.3 Å². The first-order valence-electron chi connectivity index (χ1n) is 6.11. The van der Waals surface area contributed by atoms with Crippen LogP contribution in [-0.2, 0) is 4.79 Å². The minimum absolute atomic E-state index is 0.101. The summed E-state index contributed by atoms with van der Waals surface area (Å²) in [5.41, 5.74) is 1.67. The van der Waals surface area contributed by atoms with Crippen LogP contribution in [0.5, 0.6) is 0 Å².